The van der Waals surface area contributed by atoms with Crippen LogP contribution in [0.5, 0.6) is 0 Å². The number of carbonyl (C=O) groups excluding carboxylic acids is 1. The highest BCUT2D eigenvalue weighted by molar-refractivity contribution is 5.93. The van der Waals surface area contributed by atoms with E-state index in [0.717, 1.165) is 0 Å². The Kier molecular flexibility index (Phi) is 3.01. The third-order valence-electron chi connectivity index (χ3n) is 1.89. The van der Waals surface area contributed by atoms with Crippen LogP contribution >= 0.6 is 0 Å². The summed E-state index contributed by atoms with van der Waals surface area (Å²) in [5.41, 5.74) is 0.393. The van der Waals surface area contributed by atoms with Crippen LogP contribution in [0.25, 0.3) is 0 Å². The molecule has 1 rings (SSSR count). The molecule has 1 amide bonds. The van der Waals surface area contributed by atoms with Gasteiger partial charge in [-0.25, -0.2) is 4.39 Å². The molecule has 13 heavy (non-hydrogen) atoms. The minimum atomic E-state index is -0.379. The lowest BCUT2D eigenvalue weighted by Crippen LogP contribution is -2.26. The first-order chi connectivity index (χ1) is 6.15. The first kappa shape index (κ1) is 9.71. The minimum absolute atomic E-state index is 0.151. The maximum atomic E-state index is 12.7. The molecule has 3 heteroatoms. The summed E-state index contributed by atoms with van der Waals surface area (Å²) in [6, 6.07) is 5.71. The molecule has 0 aliphatic carbocycles. The highest BCUT2D eigenvalue weighted by Crippen LogP contribution is 2.05. The number of halogens is 1. The van der Waals surface area contributed by atoms with Crippen molar-refractivity contribution in [2.45, 2.75) is 6.92 Å². The predicted molar refractivity (Wildman–Crippen MR) is 49.0 cm³/mol. The predicted octanol–water partition coefficient (Wildman–Crippen LogP) is 1.92. The molecule has 0 radical (unpaired) electrons. The zero-order valence-electron chi connectivity index (χ0n) is 7.75. The molecule has 0 unspecified atom stereocenters. The summed E-state index contributed by atoms with van der Waals surface area (Å²) < 4.78 is 12.7. The average Bonchev–Trinajstić information content (AvgIpc) is 2.15. The average molecular weight is 181 g/mol. The van der Waals surface area contributed by atoms with Gasteiger partial charge in [-0.2, -0.15) is 0 Å². The van der Waals surface area contributed by atoms with Crippen molar-refractivity contribution in [3.63, 3.8) is 0 Å². The second-order valence-corrected chi connectivity index (χ2v) is 2.83. The maximum absolute atomic E-state index is 12.7. The van der Waals surface area contributed by atoms with Crippen molar-refractivity contribution in [1.29, 1.82) is 0 Å². The second-order valence-electron chi connectivity index (χ2n) is 2.83. The van der Waals surface area contributed by atoms with E-state index < -0.39 is 0 Å². The molecule has 0 bridgehead atoms. The third kappa shape index (κ3) is 2.28. The summed E-state index contributed by atoms with van der Waals surface area (Å²) in [7, 11) is 1.69. The van der Waals surface area contributed by atoms with Gasteiger partial charge in [-0.1, -0.05) is 6.07 Å². The van der Waals surface area contributed by atoms with Crippen molar-refractivity contribution in [2.24, 2.45) is 0 Å². The summed E-state index contributed by atoms with van der Waals surface area (Å²) >= 11 is 0. The molecular formula is C10H12FNO. The molecule has 0 saturated carbocycles. The fraction of sp³-hybridized carbons (Fsp3) is 0.300. The van der Waals surface area contributed by atoms with Crippen LogP contribution in [0, 0.1) is 5.82 Å². The fourth-order valence-electron chi connectivity index (χ4n) is 0.986. The SMILES string of the molecule is CCN(C)C(=O)c1cccc(F)c1. The van der Waals surface area contributed by atoms with Crippen molar-refractivity contribution in [1.82, 2.24) is 4.90 Å². The lowest BCUT2D eigenvalue weighted by molar-refractivity contribution is 0.0802. The van der Waals surface area contributed by atoms with Crippen molar-refractivity contribution >= 4 is 5.91 Å². The van der Waals surface area contributed by atoms with Gasteiger partial charge in [-0.05, 0) is 25.1 Å². The molecule has 70 valence electrons. The molecule has 0 N–H and O–H groups in total. The topological polar surface area (TPSA) is 20.3 Å². The van der Waals surface area contributed by atoms with Crippen LogP contribution in [0.3, 0.4) is 0 Å². The quantitative estimate of drug-likeness (QED) is 0.682. The number of hydrogen-bond donors (Lipinski definition) is 0. The van der Waals surface area contributed by atoms with Crippen LogP contribution in [0.2, 0.25) is 0 Å². The number of hydrogen-bond acceptors (Lipinski definition) is 1. The van der Waals surface area contributed by atoms with Crippen molar-refractivity contribution < 1.29 is 9.18 Å². The normalized spacial score (nSPS) is 9.77. The molecule has 0 aromatic heterocycles. The molecule has 2 nitrogen and oxygen atoms in total. The van der Waals surface area contributed by atoms with Crippen LogP contribution in [0.1, 0.15) is 17.3 Å². The van der Waals surface area contributed by atoms with E-state index in [1.807, 2.05) is 6.92 Å². The Morgan fingerprint density at radius 3 is 2.77 bits per heavy atom. The zero-order chi connectivity index (χ0) is 9.84. The molecule has 0 aliphatic rings. The standard InChI is InChI=1S/C10H12FNO/c1-3-12(2)10(13)8-5-4-6-9(11)7-8/h4-7H,3H2,1-2H3. The van der Waals surface area contributed by atoms with Gasteiger partial charge in [0.25, 0.3) is 5.91 Å². The molecule has 1 aromatic carbocycles. The van der Waals surface area contributed by atoms with Gasteiger partial charge < -0.3 is 4.90 Å². The molecule has 0 spiro atoms. The van der Waals surface area contributed by atoms with Crippen LogP contribution in [-0.4, -0.2) is 24.4 Å². The van der Waals surface area contributed by atoms with Crippen LogP contribution in [-0.2, 0) is 0 Å². The Bertz CT molecular complexity index is 312. The Balaban J connectivity index is 2.89. The van der Waals surface area contributed by atoms with Crippen LogP contribution < -0.4 is 0 Å². The van der Waals surface area contributed by atoms with E-state index >= 15 is 0 Å². The van der Waals surface area contributed by atoms with Gasteiger partial charge in [-0.15, -0.1) is 0 Å². The summed E-state index contributed by atoms with van der Waals surface area (Å²) in [5, 5.41) is 0. The van der Waals surface area contributed by atoms with E-state index in [1.165, 1.54) is 23.1 Å². The summed E-state index contributed by atoms with van der Waals surface area (Å²) in [6.07, 6.45) is 0. The largest absolute Gasteiger partial charge is 0.342 e. The molecule has 0 aliphatic heterocycles. The number of carbonyl (C=O) groups is 1. The lowest BCUT2D eigenvalue weighted by Gasteiger charge is -2.13. The fourth-order valence-corrected chi connectivity index (χ4v) is 0.986. The van der Waals surface area contributed by atoms with Crippen molar-refractivity contribution in [3.05, 3.63) is 35.6 Å². The molecule has 1 aromatic rings. The van der Waals surface area contributed by atoms with Gasteiger partial charge in [0.05, 0.1) is 0 Å². The highest BCUT2D eigenvalue weighted by Gasteiger charge is 2.09. The highest BCUT2D eigenvalue weighted by atomic mass is 19.1. The van der Waals surface area contributed by atoms with Gasteiger partial charge in [0.1, 0.15) is 5.82 Å². The Hall–Kier alpha value is -1.38. The Morgan fingerprint density at radius 2 is 2.23 bits per heavy atom. The summed E-state index contributed by atoms with van der Waals surface area (Å²) in [6.45, 7) is 2.49. The van der Waals surface area contributed by atoms with Crippen LogP contribution in [0.15, 0.2) is 24.3 Å². The Labute approximate surface area is 77.0 Å². The molecule has 0 atom stereocenters. The van der Waals surface area contributed by atoms with Crippen molar-refractivity contribution in [3.8, 4) is 0 Å². The van der Waals surface area contributed by atoms with Gasteiger partial charge in [0.15, 0.2) is 0 Å². The van der Waals surface area contributed by atoms with E-state index in [9.17, 15) is 9.18 Å². The van der Waals surface area contributed by atoms with E-state index in [-0.39, 0.29) is 11.7 Å². The first-order valence-corrected chi connectivity index (χ1v) is 4.16. The zero-order valence-corrected chi connectivity index (χ0v) is 7.75. The molecular weight excluding hydrogens is 169 g/mol. The van der Waals surface area contributed by atoms with E-state index in [1.54, 1.807) is 13.1 Å². The van der Waals surface area contributed by atoms with Crippen LogP contribution in [0.4, 0.5) is 4.39 Å². The minimum Gasteiger partial charge on any atom is -0.342 e. The van der Waals surface area contributed by atoms with Gasteiger partial charge in [-0.3, -0.25) is 4.79 Å². The monoisotopic (exact) mass is 181 g/mol. The molecule has 0 fully saturated rings. The van der Waals surface area contributed by atoms with E-state index in [0.29, 0.717) is 12.1 Å². The third-order valence-corrected chi connectivity index (χ3v) is 1.89. The van der Waals surface area contributed by atoms with Gasteiger partial charge >= 0.3 is 0 Å². The second kappa shape index (κ2) is 4.03. The number of nitrogens with zero attached hydrogens (tertiary/aromatic N) is 1. The first-order valence-electron chi connectivity index (χ1n) is 4.16. The maximum Gasteiger partial charge on any atom is 0.253 e. The smallest absolute Gasteiger partial charge is 0.253 e. The summed E-state index contributed by atoms with van der Waals surface area (Å²) in [4.78, 5) is 13.0. The number of rotatable bonds is 2. The van der Waals surface area contributed by atoms with E-state index in [4.69, 9.17) is 0 Å². The lowest BCUT2D eigenvalue weighted by atomic mass is 10.2. The van der Waals surface area contributed by atoms with Gasteiger partial charge in [0, 0.05) is 19.2 Å². The van der Waals surface area contributed by atoms with Gasteiger partial charge in [0.2, 0.25) is 0 Å². The Morgan fingerprint density at radius 1 is 1.54 bits per heavy atom. The molecule has 0 heterocycles. The number of amides is 1. The van der Waals surface area contributed by atoms with E-state index in [2.05, 4.69) is 0 Å². The van der Waals surface area contributed by atoms with Crippen molar-refractivity contribution in [2.75, 3.05) is 13.6 Å². The molecule has 0 saturated heterocycles. The number of benzene rings is 1. The summed E-state index contributed by atoms with van der Waals surface area (Å²) in [5.74, 6) is -0.530.